The van der Waals surface area contributed by atoms with Crippen LogP contribution >= 0.6 is 34.0 Å². The first-order valence-electron chi connectivity index (χ1n) is 19.9. The third-order valence-electron chi connectivity index (χ3n) is 11.2. The maximum absolute atomic E-state index is 13.8. The molecule has 12 nitrogen and oxygen atoms in total. The molecule has 14 rings (SSSR count). The Balaban J connectivity index is 0.000000134. The highest BCUT2D eigenvalue weighted by Gasteiger charge is 2.51. The molecule has 324 valence electrons. The summed E-state index contributed by atoms with van der Waals surface area (Å²) in [7, 11) is -13.5. The summed E-state index contributed by atoms with van der Waals surface area (Å²) in [5, 5.41) is 0. The van der Waals surface area contributed by atoms with Gasteiger partial charge in [0.05, 0.1) is 14.1 Å². The molecule has 3 aliphatic rings. The Morgan fingerprint density at radius 1 is 0.318 bits per heavy atom. The highest BCUT2D eigenvalue weighted by atomic mass is 32.2. The van der Waals surface area contributed by atoms with Crippen molar-refractivity contribution >= 4 is 125 Å². The first kappa shape index (κ1) is 39.4. The Bertz CT molecular complexity index is 3760. The molecule has 0 saturated heterocycles. The van der Waals surface area contributed by atoms with Gasteiger partial charge in [0.1, 0.15) is 62.8 Å². The Morgan fingerprint density at radius 3 is 0.879 bits per heavy atom. The third kappa shape index (κ3) is 5.60. The first-order valence-corrected chi connectivity index (χ1v) is 26.8. The number of hydrogen-bond donors (Lipinski definition) is 0. The van der Waals surface area contributed by atoms with Crippen LogP contribution < -0.4 is 14.2 Å². The fourth-order valence-electron chi connectivity index (χ4n) is 8.25. The molecule has 0 spiro atoms. The molecular formula is C48H24O12S6. The molecule has 0 aliphatic carbocycles. The van der Waals surface area contributed by atoms with Crippen LogP contribution in [-0.2, 0) is 29.5 Å². The number of para-hydroxylation sites is 6. The third-order valence-corrected chi connectivity index (χ3v) is 20.0. The van der Waals surface area contributed by atoms with E-state index < -0.39 is 61.4 Å². The fourth-order valence-corrected chi connectivity index (χ4v) is 16.7. The van der Waals surface area contributed by atoms with Crippen molar-refractivity contribution in [3.63, 3.8) is 0 Å². The van der Waals surface area contributed by atoms with Gasteiger partial charge in [0, 0.05) is 0 Å². The molecular weight excluding hydrogens is 961 g/mol. The molecule has 0 unspecified atom stereocenters. The molecule has 0 N–H and O–H groups in total. The van der Waals surface area contributed by atoms with E-state index in [-0.39, 0.29) is 31.9 Å². The maximum atomic E-state index is 13.8. The second-order valence-electron chi connectivity index (χ2n) is 15.1. The molecule has 6 heterocycles. The molecule has 11 aromatic rings. The summed E-state index contributed by atoms with van der Waals surface area (Å²) in [6.07, 6.45) is 0. The van der Waals surface area contributed by atoms with Crippen molar-refractivity contribution in [1.29, 1.82) is 0 Å². The van der Waals surface area contributed by atoms with Gasteiger partial charge in [-0.05, 0) is 72.8 Å². The zero-order valence-electron chi connectivity index (χ0n) is 33.2. The van der Waals surface area contributed by atoms with Gasteiger partial charge in [-0.1, -0.05) is 72.8 Å². The summed E-state index contributed by atoms with van der Waals surface area (Å²) >= 11 is 5.08. The van der Waals surface area contributed by atoms with E-state index in [4.69, 9.17) is 27.5 Å². The van der Waals surface area contributed by atoms with Crippen LogP contribution in [0.25, 0.3) is 61.7 Å². The average Bonchev–Trinajstić information content (AvgIpc) is 3.32. The predicted molar refractivity (Wildman–Crippen MR) is 251 cm³/mol. The number of rotatable bonds is 0. The number of ether oxygens (including phenoxy) is 3. The van der Waals surface area contributed by atoms with Gasteiger partial charge < -0.3 is 27.5 Å². The highest BCUT2D eigenvalue weighted by Crippen LogP contribution is 2.62. The van der Waals surface area contributed by atoms with E-state index in [9.17, 15) is 25.3 Å². The van der Waals surface area contributed by atoms with E-state index in [1.165, 1.54) is 72.8 Å². The summed E-state index contributed by atoms with van der Waals surface area (Å²) in [5.41, 5.74) is 5.02. The van der Waals surface area contributed by atoms with Crippen LogP contribution in [0.15, 0.2) is 188 Å². The van der Waals surface area contributed by atoms with Gasteiger partial charge in [0.15, 0.2) is 48.7 Å². The standard InChI is InChI=1S/C24H12O9S3.C24H12O3S3/c25-34(26)16-10-4-1-7-13(16)31-19-22(34)20-24(36(29,30)18-12-6-3-9-15(18)32-20)21-23(19)35(27,28)17-11-5-2-8-14(17)33-21;1-4-10-16-13(7-1)25-19-22(28-16)20-24(30-18-12-6-3-9-15(18)26-20)21-23(19)29-17-11-5-2-8-14(17)27-21/h1-12H;1-12H. The molecule has 0 atom stereocenters. The van der Waals surface area contributed by atoms with Crippen molar-refractivity contribution in [2.75, 3.05) is 0 Å². The monoisotopic (exact) mass is 984 g/mol. The van der Waals surface area contributed by atoms with Crippen molar-refractivity contribution in [3.05, 3.63) is 146 Å². The first-order chi connectivity index (χ1) is 32.0. The van der Waals surface area contributed by atoms with E-state index in [1.807, 2.05) is 54.6 Å². The highest BCUT2D eigenvalue weighted by molar-refractivity contribution is 7.93. The lowest BCUT2D eigenvalue weighted by molar-refractivity contribution is 0.361. The molecule has 0 saturated carbocycles. The molecule has 0 amide bonds. The van der Waals surface area contributed by atoms with Gasteiger partial charge in [0.2, 0.25) is 29.5 Å². The van der Waals surface area contributed by atoms with Gasteiger partial charge in [0.25, 0.3) is 0 Å². The van der Waals surface area contributed by atoms with Crippen LogP contribution in [0.4, 0.5) is 0 Å². The number of benzene rings is 8. The Morgan fingerprint density at radius 2 is 0.576 bits per heavy atom. The van der Waals surface area contributed by atoms with E-state index >= 15 is 0 Å². The lowest BCUT2D eigenvalue weighted by Gasteiger charge is -2.32. The minimum atomic E-state index is -4.49. The molecule has 3 aliphatic heterocycles. The SMILES string of the molecule is O=S1(=O)c2ccccc2Oc2c1c1c(c3c2S(=O)(=O)c2ccccc2O3)S(=O)(=O)c2ccccc2O1.c1ccc2sc3c4oc5ccccc5sc4c4oc5ccccc5sc4c3oc2c1. The lowest BCUT2D eigenvalue weighted by atomic mass is 10.2. The van der Waals surface area contributed by atoms with Crippen molar-refractivity contribution in [2.45, 2.75) is 29.4 Å². The van der Waals surface area contributed by atoms with E-state index in [0.29, 0.717) is 0 Å². The topological polar surface area (TPSA) is 170 Å². The summed E-state index contributed by atoms with van der Waals surface area (Å²) in [6, 6.07) is 41.3. The molecule has 66 heavy (non-hydrogen) atoms. The van der Waals surface area contributed by atoms with Crippen LogP contribution in [0.2, 0.25) is 0 Å². The van der Waals surface area contributed by atoms with Crippen LogP contribution in [-0.4, -0.2) is 25.3 Å². The van der Waals surface area contributed by atoms with E-state index in [2.05, 4.69) is 18.2 Å². The van der Waals surface area contributed by atoms with Crippen molar-refractivity contribution in [3.8, 4) is 34.5 Å². The van der Waals surface area contributed by atoms with Crippen molar-refractivity contribution in [1.82, 2.24) is 0 Å². The smallest absolute Gasteiger partial charge is 0.217 e. The number of hydrogen-bond acceptors (Lipinski definition) is 15. The molecule has 18 heteroatoms. The largest absolute Gasteiger partial charge is 0.453 e. The van der Waals surface area contributed by atoms with Crippen LogP contribution in [0.5, 0.6) is 34.5 Å². The number of fused-ring (bicyclic) bond motifs is 18. The van der Waals surface area contributed by atoms with Gasteiger partial charge in [-0.15, -0.1) is 34.0 Å². The number of sulfone groups is 3. The molecule has 0 radical (unpaired) electrons. The maximum Gasteiger partial charge on any atom is 0.217 e. The van der Waals surface area contributed by atoms with E-state index in [1.54, 1.807) is 34.0 Å². The normalized spacial score (nSPS) is 15.5. The Kier molecular flexibility index (Phi) is 8.39. The summed E-state index contributed by atoms with van der Waals surface area (Å²) < 4.78 is 126. The van der Waals surface area contributed by atoms with Crippen molar-refractivity contribution < 1.29 is 52.7 Å². The molecule has 3 aromatic heterocycles. The second kappa shape index (κ2) is 14.0. The summed E-state index contributed by atoms with van der Waals surface area (Å²) in [6.45, 7) is 0. The average molecular weight is 985 g/mol. The zero-order chi connectivity index (χ0) is 44.7. The van der Waals surface area contributed by atoms with Gasteiger partial charge in [-0.2, -0.15) is 0 Å². The predicted octanol–water partition coefficient (Wildman–Crippen LogP) is 13.8. The Labute approximate surface area is 384 Å². The van der Waals surface area contributed by atoms with Gasteiger partial charge in [-0.25, -0.2) is 25.3 Å². The van der Waals surface area contributed by atoms with Crippen LogP contribution in [0, 0.1) is 0 Å². The summed E-state index contributed by atoms with van der Waals surface area (Å²) in [5.74, 6) is -2.06. The van der Waals surface area contributed by atoms with Gasteiger partial charge in [-0.3, -0.25) is 0 Å². The van der Waals surface area contributed by atoms with Crippen LogP contribution in [0.1, 0.15) is 0 Å². The van der Waals surface area contributed by atoms with Crippen molar-refractivity contribution in [2.24, 2.45) is 0 Å². The second-order valence-corrected chi connectivity index (χ2v) is 23.8. The van der Waals surface area contributed by atoms with E-state index in [0.717, 1.165) is 61.7 Å². The van der Waals surface area contributed by atoms with Crippen LogP contribution in [0.3, 0.4) is 0 Å². The quantitative estimate of drug-likeness (QED) is 0.104. The molecule has 0 bridgehead atoms. The lowest BCUT2D eigenvalue weighted by Crippen LogP contribution is -2.23. The molecule has 8 aromatic carbocycles. The van der Waals surface area contributed by atoms with Gasteiger partial charge >= 0.3 is 0 Å². The Hall–Kier alpha value is -6.93. The molecule has 0 fully saturated rings. The fraction of sp³-hybridized carbons (Fsp3) is 0. The summed E-state index contributed by atoms with van der Waals surface area (Å²) in [4.78, 5) is -2.85. The minimum absolute atomic E-state index is 0.111. The minimum Gasteiger partial charge on any atom is -0.453 e. The zero-order valence-corrected chi connectivity index (χ0v) is 38.1.